The van der Waals surface area contributed by atoms with E-state index in [1.807, 2.05) is 26.0 Å². The van der Waals surface area contributed by atoms with E-state index in [9.17, 15) is 24.1 Å². The lowest BCUT2D eigenvalue weighted by Crippen LogP contribution is -2.38. The Morgan fingerprint density at radius 3 is 2.46 bits per heavy atom. The second-order valence-electron chi connectivity index (χ2n) is 9.89. The first kappa shape index (κ1) is 31.3. The van der Waals surface area contributed by atoms with Crippen molar-refractivity contribution in [2.75, 3.05) is 6.61 Å². The average Bonchev–Trinajstić information content (AvgIpc) is 2.85. The largest absolute Gasteiger partial charge is 0.459 e. The Labute approximate surface area is 232 Å². The smallest absolute Gasteiger partial charge is 0.413 e. The molecule has 0 unspecified atom stereocenters. The van der Waals surface area contributed by atoms with E-state index in [0.29, 0.717) is 5.75 Å². The van der Waals surface area contributed by atoms with Crippen LogP contribution in [0.2, 0.25) is 0 Å². The predicted molar refractivity (Wildman–Crippen MR) is 150 cm³/mol. The van der Waals surface area contributed by atoms with Crippen LogP contribution in [0, 0.1) is 0 Å². The molecule has 0 radical (unpaired) electrons. The fraction of sp³-hybridized carbons (Fsp3) is 0.577. The van der Waals surface area contributed by atoms with E-state index in [1.165, 1.54) is 24.8 Å². The molecule has 39 heavy (non-hydrogen) atoms. The number of aliphatic hydroxyl groups excluding tert-OH is 1. The number of H-pyrrole nitrogens is 1. The van der Waals surface area contributed by atoms with Crippen molar-refractivity contribution in [3.8, 4) is 5.75 Å². The molecular weight excluding hydrogens is 545 g/mol. The van der Waals surface area contributed by atoms with E-state index in [-0.39, 0.29) is 17.0 Å². The SMILES string of the molecule is CC(C)SC(=O)[C@H](C)N[P@](=O)(OC[C@@H](O[C@H](C)n1ccc(=O)[nH]c1=O)[C@H](C)O)Oc1ccc2c(c1)CCCC2. The predicted octanol–water partition coefficient (Wildman–Crippen LogP) is 3.55. The number of thioether (sulfide) groups is 1. The van der Waals surface area contributed by atoms with Gasteiger partial charge < -0.3 is 14.4 Å². The molecule has 3 N–H and O–H groups in total. The third kappa shape index (κ3) is 9.16. The number of fused-ring (bicyclic) bond motifs is 1. The van der Waals surface area contributed by atoms with Gasteiger partial charge >= 0.3 is 13.4 Å². The number of hydrogen-bond acceptors (Lipinski definition) is 9. The van der Waals surface area contributed by atoms with E-state index >= 15 is 0 Å². The fourth-order valence-corrected chi connectivity index (χ4v) is 6.44. The van der Waals surface area contributed by atoms with Crippen molar-refractivity contribution in [1.29, 1.82) is 0 Å². The minimum atomic E-state index is -4.15. The molecule has 0 bridgehead atoms. The summed E-state index contributed by atoms with van der Waals surface area (Å²) in [5, 5.41) is 12.9. The highest BCUT2D eigenvalue weighted by Gasteiger charge is 2.34. The standard InChI is InChI=1S/C26H38N3O8PS/c1-16(2)39-25(32)17(3)28-38(34,37-22-11-10-20-8-6-7-9-21(20)14-22)35-15-23(18(4)30)36-19(5)29-13-12-24(31)27-26(29)33/h10-14,16-19,23,30H,6-9,15H2,1-5H3,(H,28,34)(H,27,31,33)/t17-,18-,19+,23+,38-/m0/s1. The van der Waals surface area contributed by atoms with E-state index in [1.54, 1.807) is 19.9 Å². The van der Waals surface area contributed by atoms with Crippen molar-refractivity contribution in [3.05, 3.63) is 62.4 Å². The average molecular weight is 584 g/mol. The maximum Gasteiger partial charge on any atom is 0.459 e. The molecule has 2 aromatic rings. The Morgan fingerprint density at radius 2 is 1.82 bits per heavy atom. The van der Waals surface area contributed by atoms with Gasteiger partial charge in [0.25, 0.3) is 5.56 Å². The summed E-state index contributed by atoms with van der Waals surface area (Å²) in [6.07, 6.45) is 2.32. The van der Waals surface area contributed by atoms with Crippen LogP contribution in [0.4, 0.5) is 0 Å². The number of hydrogen-bond donors (Lipinski definition) is 3. The van der Waals surface area contributed by atoms with E-state index in [4.69, 9.17) is 13.8 Å². The number of benzene rings is 1. The third-order valence-corrected chi connectivity index (χ3v) is 8.87. The molecule has 13 heteroatoms. The molecule has 1 aliphatic rings. The number of nitrogens with one attached hydrogen (secondary N) is 2. The summed E-state index contributed by atoms with van der Waals surface area (Å²) in [7, 11) is -4.15. The zero-order valence-corrected chi connectivity index (χ0v) is 24.6. The third-order valence-electron chi connectivity index (χ3n) is 6.16. The number of carbonyl (C=O) groups is 1. The second-order valence-corrected chi connectivity index (χ2v) is 13.2. The normalized spacial score (nSPS) is 18.0. The molecule has 0 saturated carbocycles. The maximum atomic E-state index is 14.0. The molecule has 1 aromatic carbocycles. The molecule has 11 nitrogen and oxygen atoms in total. The highest BCUT2D eigenvalue weighted by molar-refractivity contribution is 8.14. The van der Waals surface area contributed by atoms with E-state index < -0.39 is 43.5 Å². The molecule has 0 aliphatic heterocycles. The van der Waals surface area contributed by atoms with Gasteiger partial charge in [0.15, 0.2) is 0 Å². The zero-order chi connectivity index (χ0) is 28.7. The summed E-state index contributed by atoms with van der Waals surface area (Å²) in [4.78, 5) is 38.3. The first-order valence-corrected chi connectivity index (χ1v) is 15.5. The first-order valence-electron chi connectivity index (χ1n) is 13.1. The lowest BCUT2D eigenvalue weighted by molar-refractivity contribution is -0.113. The van der Waals surface area contributed by atoms with Crippen LogP contribution in [0.15, 0.2) is 40.1 Å². The summed E-state index contributed by atoms with van der Waals surface area (Å²) in [6.45, 7) is 7.98. The van der Waals surface area contributed by atoms with Crippen LogP contribution in [0.1, 0.15) is 64.8 Å². The van der Waals surface area contributed by atoms with Crippen LogP contribution >= 0.6 is 19.5 Å². The topological polar surface area (TPSA) is 149 Å². The van der Waals surface area contributed by atoms with Gasteiger partial charge in [-0.05, 0) is 69.7 Å². The van der Waals surface area contributed by atoms with Crippen LogP contribution in [0.3, 0.4) is 0 Å². The monoisotopic (exact) mass is 583 g/mol. The molecule has 1 aliphatic carbocycles. The molecule has 0 fully saturated rings. The lowest BCUT2D eigenvalue weighted by Gasteiger charge is -2.28. The Balaban J connectivity index is 1.80. The van der Waals surface area contributed by atoms with Crippen LogP contribution in [0.25, 0.3) is 0 Å². The summed E-state index contributed by atoms with van der Waals surface area (Å²) in [6, 6.07) is 5.83. The molecule has 0 amide bonds. The van der Waals surface area contributed by atoms with Gasteiger partial charge in [0.1, 0.15) is 18.1 Å². The lowest BCUT2D eigenvalue weighted by atomic mass is 9.92. The molecule has 1 heterocycles. The summed E-state index contributed by atoms with van der Waals surface area (Å²) in [5.74, 6) is 0.338. The fourth-order valence-electron chi connectivity index (χ4n) is 4.12. The quantitative estimate of drug-likeness (QED) is 0.299. The van der Waals surface area contributed by atoms with Crippen molar-refractivity contribution in [3.63, 3.8) is 0 Å². The maximum absolute atomic E-state index is 14.0. The molecule has 0 spiro atoms. The van der Waals surface area contributed by atoms with Crippen molar-refractivity contribution < 1.29 is 28.3 Å². The number of aryl methyl sites for hydroxylation is 2. The number of aromatic amines is 1. The Kier molecular flexibility index (Phi) is 11.2. The van der Waals surface area contributed by atoms with Gasteiger partial charge in [-0.2, -0.15) is 0 Å². The summed E-state index contributed by atoms with van der Waals surface area (Å²) >= 11 is 1.11. The van der Waals surface area contributed by atoms with Crippen molar-refractivity contribution in [2.24, 2.45) is 0 Å². The number of carbonyl (C=O) groups excluding carboxylic acids is 1. The second kappa shape index (κ2) is 13.9. The Morgan fingerprint density at radius 1 is 1.13 bits per heavy atom. The molecule has 1 aromatic heterocycles. The van der Waals surface area contributed by atoms with Gasteiger partial charge in [-0.15, -0.1) is 0 Å². The minimum Gasteiger partial charge on any atom is -0.413 e. The van der Waals surface area contributed by atoms with Gasteiger partial charge in [0, 0.05) is 17.5 Å². The number of aromatic nitrogens is 2. The highest BCUT2D eigenvalue weighted by Crippen LogP contribution is 2.46. The number of ether oxygens (including phenoxy) is 1. The zero-order valence-electron chi connectivity index (χ0n) is 22.9. The highest BCUT2D eigenvalue weighted by atomic mass is 32.2. The summed E-state index contributed by atoms with van der Waals surface area (Å²) in [5.41, 5.74) is 1.11. The Hall–Kier alpha value is -2.21. The van der Waals surface area contributed by atoms with Crippen molar-refractivity contribution in [2.45, 2.75) is 90.0 Å². The molecule has 5 atom stereocenters. The van der Waals surface area contributed by atoms with Gasteiger partial charge in [0.2, 0.25) is 5.12 Å². The van der Waals surface area contributed by atoms with Gasteiger partial charge in [-0.25, -0.2) is 14.4 Å². The number of aliphatic hydroxyl groups is 1. The number of rotatable bonds is 13. The van der Waals surface area contributed by atoms with E-state index in [2.05, 4.69) is 10.1 Å². The minimum absolute atomic E-state index is 0.0365. The first-order chi connectivity index (χ1) is 18.4. The van der Waals surface area contributed by atoms with Gasteiger partial charge in [0.05, 0.1) is 18.8 Å². The summed E-state index contributed by atoms with van der Waals surface area (Å²) < 4.78 is 32.6. The molecule has 216 valence electrons. The van der Waals surface area contributed by atoms with Crippen LogP contribution < -0.4 is 20.9 Å². The van der Waals surface area contributed by atoms with Gasteiger partial charge in [-0.3, -0.25) is 23.7 Å². The van der Waals surface area contributed by atoms with E-state index in [0.717, 1.165) is 47.6 Å². The van der Waals surface area contributed by atoms with Crippen molar-refractivity contribution in [1.82, 2.24) is 14.6 Å². The van der Waals surface area contributed by atoms with Crippen LogP contribution in [0.5, 0.6) is 5.75 Å². The van der Waals surface area contributed by atoms with Gasteiger partial charge in [-0.1, -0.05) is 31.7 Å². The van der Waals surface area contributed by atoms with Crippen molar-refractivity contribution >= 4 is 24.6 Å². The Bertz CT molecular complexity index is 1290. The van der Waals surface area contributed by atoms with Crippen LogP contribution in [-0.4, -0.2) is 49.9 Å². The van der Waals surface area contributed by atoms with Crippen LogP contribution in [-0.2, 0) is 31.5 Å². The molecule has 0 saturated heterocycles. The molecule has 3 rings (SSSR count). The molecular formula is C26H38N3O8PS. The number of nitrogens with zero attached hydrogens (tertiary/aromatic N) is 1.